The summed E-state index contributed by atoms with van der Waals surface area (Å²) in [5.74, 6) is 0.992. The van der Waals surface area contributed by atoms with Crippen molar-refractivity contribution in [2.45, 2.75) is 52.7 Å². The predicted molar refractivity (Wildman–Crippen MR) is 118 cm³/mol. The molecule has 0 atom stereocenters. The normalized spacial score (nSPS) is 11.9. The van der Waals surface area contributed by atoms with Gasteiger partial charge in [-0.05, 0) is 67.6 Å². The Bertz CT molecular complexity index is 1000. The molecule has 0 bridgehead atoms. The van der Waals surface area contributed by atoms with Crippen molar-refractivity contribution in [2.24, 2.45) is 0 Å². The van der Waals surface area contributed by atoms with Crippen molar-refractivity contribution in [3.63, 3.8) is 0 Å². The number of hydrogen-bond donors (Lipinski definition) is 1. The molecule has 4 nitrogen and oxygen atoms in total. The minimum Gasteiger partial charge on any atom is -0.487 e. The van der Waals surface area contributed by atoms with Crippen LogP contribution in [-0.4, -0.2) is 14.9 Å². The summed E-state index contributed by atoms with van der Waals surface area (Å²) < 4.78 is 7.86. The zero-order valence-electron chi connectivity index (χ0n) is 17.3. The molecule has 2 aromatic carbocycles. The average Bonchev–Trinajstić information content (AvgIpc) is 3.02. The molecule has 3 aromatic rings. The molecule has 0 saturated heterocycles. The predicted octanol–water partition coefficient (Wildman–Crippen LogP) is 6.42. The van der Waals surface area contributed by atoms with Gasteiger partial charge < -0.3 is 9.84 Å². The number of rotatable bonds is 6. The molecule has 3 rings (SSSR count). The number of hydrogen-bond acceptors (Lipinski definition) is 3. The molecule has 154 valence electrons. The van der Waals surface area contributed by atoms with Crippen molar-refractivity contribution in [1.82, 2.24) is 9.78 Å². The van der Waals surface area contributed by atoms with Crippen molar-refractivity contribution >= 4 is 23.2 Å². The molecular weight excluding hydrogens is 407 g/mol. The molecule has 1 N–H and O–H groups in total. The first-order valence-electron chi connectivity index (χ1n) is 9.57. The molecule has 0 aliphatic heterocycles. The van der Waals surface area contributed by atoms with E-state index < -0.39 is 5.60 Å². The van der Waals surface area contributed by atoms with Gasteiger partial charge in [0.1, 0.15) is 18.0 Å². The zero-order chi connectivity index (χ0) is 21.3. The van der Waals surface area contributed by atoms with E-state index in [9.17, 15) is 5.11 Å². The lowest BCUT2D eigenvalue weighted by molar-refractivity contribution is 0.0778. The van der Waals surface area contributed by atoms with Crippen LogP contribution in [0.4, 0.5) is 0 Å². The molecule has 0 amide bonds. The highest BCUT2D eigenvalue weighted by molar-refractivity contribution is 6.37. The SMILES string of the molecule is Cc1cc(OCc2c(C(C)C)cnn2-c2c(Cl)cccc2Cl)ccc1C(C)(C)O. The number of aromatic nitrogens is 2. The number of nitrogens with zero attached hydrogens (tertiary/aromatic N) is 2. The Morgan fingerprint density at radius 2 is 1.79 bits per heavy atom. The summed E-state index contributed by atoms with van der Waals surface area (Å²) in [5, 5.41) is 15.9. The van der Waals surface area contributed by atoms with Gasteiger partial charge in [-0.1, -0.05) is 49.2 Å². The van der Waals surface area contributed by atoms with Gasteiger partial charge in [-0.2, -0.15) is 5.10 Å². The van der Waals surface area contributed by atoms with Crippen LogP contribution in [0.5, 0.6) is 5.75 Å². The van der Waals surface area contributed by atoms with Crippen LogP contribution < -0.4 is 4.74 Å². The summed E-state index contributed by atoms with van der Waals surface area (Å²) in [6.07, 6.45) is 1.84. The molecule has 0 aliphatic carbocycles. The van der Waals surface area contributed by atoms with E-state index in [0.717, 1.165) is 28.1 Å². The molecule has 0 unspecified atom stereocenters. The van der Waals surface area contributed by atoms with Gasteiger partial charge in [-0.25, -0.2) is 4.68 Å². The number of ether oxygens (including phenoxy) is 1. The van der Waals surface area contributed by atoms with Gasteiger partial charge in [-0.3, -0.25) is 0 Å². The van der Waals surface area contributed by atoms with Crippen molar-refractivity contribution in [3.05, 3.63) is 75.0 Å². The summed E-state index contributed by atoms with van der Waals surface area (Å²) in [4.78, 5) is 0. The third-order valence-corrected chi connectivity index (χ3v) is 5.52. The van der Waals surface area contributed by atoms with Crippen molar-refractivity contribution in [3.8, 4) is 11.4 Å². The number of para-hydroxylation sites is 1. The van der Waals surface area contributed by atoms with Gasteiger partial charge in [0, 0.05) is 0 Å². The van der Waals surface area contributed by atoms with E-state index in [1.54, 1.807) is 30.7 Å². The molecular formula is C23H26Cl2N2O2. The van der Waals surface area contributed by atoms with Crippen molar-refractivity contribution in [2.75, 3.05) is 0 Å². The van der Waals surface area contributed by atoms with E-state index in [2.05, 4.69) is 18.9 Å². The molecule has 0 aliphatic rings. The van der Waals surface area contributed by atoms with Gasteiger partial charge in [-0.15, -0.1) is 0 Å². The van der Waals surface area contributed by atoms with E-state index in [-0.39, 0.29) is 5.92 Å². The van der Waals surface area contributed by atoms with Crippen LogP contribution in [0.25, 0.3) is 5.69 Å². The number of halogens is 2. The second-order valence-electron chi connectivity index (χ2n) is 8.01. The fourth-order valence-electron chi connectivity index (χ4n) is 3.46. The molecule has 0 spiro atoms. The lowest BCUT2D eigenvalue weighted by atomic mass is 9.94. The lowest BCUT2D eigenvalue weighted by Gasteiger charge is -2.21. The molecule has 0 saturated carbocycles. The molecule has 0 fully saturated rings. The first-order chi connectivity index (χ1) is 13.6. The van der Waals surface area contributed by atoms with Crippen LogP contribution in [0.1, 0.15) is 56.0 Å². The standard InChI is InChI=1S/C23H26Cl2N2O2/c1-14(2)17-12-26-27(22-19(24)7-6-8-20(22)25)21(17)13-29-16-9-10-18(15(3)11-16)23(4,5)28/h6-12,14,28H,13H2,1-5H3. The zero-order valence-corrected chi connectivity index (χ0v) is 18.8. The summed E-state index contributed by atoms with van der Waals surface area (Å²) in [5.41, 5.74) is 3.58. The Kier molecular flexibility index (Phi) is 6.27. The highest BCUT2D eigenvalue weighted by Crippen LogP contribution is 2.32. The van der Waals surface area contributed by atoms with Crippen molar-refractivity contribution in [1.29, 1.82) is 0 Å². The van der Waals surface area contributed by atoms with Gasteiger partial charge >= 0.3 is 0 Å². The maximum atomic E-state index is 10.3. The quantitative estimate of drug-likeness (QED) is 0.488. The van der Waals surface area contributed by atoms with Gasteiger partial charge in [0.15, 0.2) is 0 Å². The summed E-state index contributed by atoms with van der Waals surface area (Å²) >= 11 is 12.8. The molecule has 6 heteroatoms. The lowest BCUT2D eigenvalue weighted by Crippen LogP contribution is -2.17. The molecule has 1 heterocycles. The smallest absolute Gasteiger partial charge is 0.131 e. The van der Waals surface area contributed by atoms with Crippen molar-refractivity contribution < 1.29 is 9.84 Å². The minimum absolute atomic E-state index is 0.267. The second-order valence-corrected chi connectivity index (χ2v) is 8.82. The van der Waals surface area contributed by atoms with Gasteiger partial charge in [0.05, 0.1) is 27.5 Å². The topological polar surface area (TPSA) is 47.3 Å². The Morgan fingerprint density at radius 3 is 2.34 bits per heavy atom. The highest BCUT2D eigenvalue weighted by Gasteiger charge is 2.21. The van der Waals surface area contributed by atoms with Gasteiger partial charge in [0.25, 0.3) is 0 Å². The summed E-state index contributed by atoms with van der Waals surface area (Å²) in [6, 6.07) is 11.1. The van der Waals surface area contributed by atoms with E-state index in [1.807, 2.05) is 37.4 Å². The maximum Gasteiger partial charge on any atom is 0.131 e. The average molecular weight is 433 g/mol. The first kappa shape index (κ1) is 21.7. The Balaban J connectivity index is 1.95. The van der Waals surface area contributed by atoms with E-state index in [4.69, 9.17) is 27.9 Å². The maximum absolute atomic E-state index is 10.3. The molecule has 29 heavy (non-hydrogen) atoms. The largest absolute Gasteiger partial charge is 0.487 e. The fraction of sp³-hybridized carbons (Fsp3) is 0.348. The van der Waals surface area contributed by atoms with E-state index in [0.29, 0.717) is 22.3 Å². The van der Waals surface area contributed by atoms with Crippen LogP contribution >= 0.6 is 23.2 Å². The summed E-state index contributed by atoms with van der Waals surface area (Å²) in [7, 11) is 0. The Morgan fingerprint density at radius 1 is 1.14 bits per heavy atom. The van der Waals surface area contributed by atoms with E-state index >= 15 is 0 Å². The molecule has 1 aromatic heterocycles. The van der Waals surface area contributed by atoms with Crippen LogP contribution in [0.3, 0.4) is 0 Å². The minimum atomic E-state index is -0.896. The van der Waals surface area contributed by atoms with E-state index in [1.165, 1.54) is 0 Å². The number of aryl methyl sites for hydroxylation is 1. The van der Waals surface area contributed by atoms with Crippen LogP contribution in [0.15, 0.2) is 42.6 Å². The molecule has 0 radical (unpaired) electrons. The highest BCUT2D eigenvalue weighted by atomic mass is 35.5. The Labute approximate surface area is 182 Å². The monoisotopic (exact) mass is 432 g/mol. The van der Waals surface area contributed by atoms with Crippen LogP contribution in [0.2, 0.25) is 10.0 Å². The number of benzene rings is 2. The third kappa shape index (κ3) is 4.61. The van der Waals surface area contributed by atoms with Crippen LogP contribution in [-0.2, 0) is 12.2 Å². The summed E-state index contributed by atoms with van der Waals surface area (Å²) in [6.45, 7) is 10.1. The number of aliphatic hydroxyl groups is 1. The third-order valence-electron chi connectivity index (χ3n) is 4.91. The van der Waals surface area contributed by atoms with Gasteiger partial charge in [0.2, 0.25) is 0 Å². The first-order valence-corrected chi connectivity index (χ1v) is 10.3. The second kappa shape index (κ2) is 8.39. The fourth-order valence-corrected chi connectivity index (χ4v) is 4.02. The Hall–Kier alpha value is -2.01. The van der Waals surface area contributed by atoms with Crippen LogP contribution in [0, 0.1) is 6.92 Å².